The first kappa shape index (κ1) is 23.5. The zero-order chi connectivity index (χ0) is 24.1. The molecule has 0 spiro atoms. The number of nitrogens with zero attached hydrogens (tertiary/aromatic N) is 1. The third-order valence-electron chi connectivity index (χ3n) is 5.58. The van der Waals surface area contributed by atoms with E-state index in [-0.39, 0.29) is 30.5 Å². The predicted molar refractivity (Wildman–Crippen MR) is 128 cm³/mol. The highest BCUT2D eigenvalue weighted by Gasteiger charge is 2.18. The second-order valence-corrected chi connectivity index (χ2v) is 8.42. The van der Waals surface area contributed by atoms with Crippen LogP contribution in [0.4, 0.5) is 4.39 Å². The molecular weight excluding hydrogens is 455 g/mol. The summed E-state index contributed by atoms with van der Waals surface area (Å²) in [5, 5.41) is 7.51. The number of rotatable bonds is 8. The molecule has 34 heavy (non-hydrogen) atoms. The Morgan fingerprint density at radius 3 is 2.41 bits per heavy atom. The summed E-state index contributed by atoms with van der Waals surface area (Å²) in [6.45, 7) is 3.85. The molecule has 0 aliphatic rings. The summed E-state index contributed by atoms with van der Waals surface area (Å²) in [5.74, 6) is 0.228. The molecule has 7 heteroatoms. The van der Waals surface area contributed by atoms with Crippen molar-refractivity contribution in [2.45, 2.75) is 32.9 Å². The van der Waals surface area contributed by atoms with Crippen LogP contribution in [-0.4, -0.2) is 11.1 Å². The number of amides is 1. The average Bonchev–Trinajstić information content (AvgIpc) is 3.16. The van der Waals surface area contributed by atoms with E-state index < -0.39 is 5.82 Å². The fraction of sp³-hybridized carbons (Fsp3) is 0.185. The molecule has 0 saturated carbocycles. The lowest BCUT2D eigenvalue weighted by Gasteiger charge is -2.20. The summed E-state index contributed by atoms with van der Waals surface area (Å²) in [7, 11) is 0. The van der Waals surface area contributed by atoms with Gasteiger partial charge >= 0.3 is 0 Å². The SMILES string of the molecule is Cc1noc(C)c1COc1ccc(CC(=O)NC(c2ccccc2)c2ccc(Cl)cc2)c(F)c1. The van der Waals surface area contributed by atoms with Crippen LogP contribution in [0.5, 0.6) is 5.75 Å². The summed E-state index contributed by atoms with van der Waals surface area (Å²) in [6, 6.07) is 21.0. The van der Waals surface area contributed by atoms with Gasteiger partial charge in [0.1, 0.15) is 23.9 Å². The molecule has 0 aliphatic heterocycles. The Hall–Kier alpha value is -3.64. The summed E-state index contributed by atoms with van der Waals surface area (Å²) in [4.78, 5) is 12.9. The van der Waals surface area contributed by atoms with Crippen LogP contribution < -0.4 is 10.1 Å². The Bertz CT molecular complexity index is 1250. The molecule has 0 radical (unpaired) electrons. The zero-order valence-electron chi connectivity index (χ0n) is 18.8. The zero-order valence-corrected chi connectivity index (χ0v) is 19.6. The van der Waals surface area contributed by atoms with Gasteiger partial charge in [-0.2, -0.15) is 0 Å². The van der Waals surface area contributed by atoms with Crippen molar-refractivity contribution in [3.63, 3.8) is 0 Å². The number of aromatic nitrogens is 1. The number of benzene rings is 3. The quantitative estimate of drug-likeness (QED) is 0.332. The molecule has 1 heterocycles. The molecular formula is C27H24ClFN2O3. The van der Waals surface area contributed by atoms with Gasteiger partial charge in [0.05, 0.1) is 23.7 Å². The highest BCUT2D eigenvalue weighted by molar-refractivity contribution is 6.30. The van der Waals surface area contributed by atoms with Gasteiger partial charge in [0.25, 0.3) is 0 Å². The van der Waals surface area contributed by atoms with Crippen molar-refractivity contribution in [2.24, 2.45) is 0 Å². The first-order valence-electron chi connectivity index (χ1n) is 10.8. The van der Waals surface area contributed by atoms with Crippen molar-refractivity contribution in [2.75, 3.05) is 0 Å². The lowest BCUT2D eigenvalue weighted by molar-refractivity contribution is -0.121. The number of nitrogens with one attached hydrogen (secondary N) is 1. The second-order valence-electron chi connectivity index (χ2n) is 7.98. The number of aryl methyl sites for hydroxylation is 2. The maximum atomic E-state index is 14.8. The van der Waals surface area contributed by atoms with Crippen LogP contribution >= 0.6 is 11.6 Å². The molecule has 3 aromatic carbocycles. The Kier molecular flexibility index (Phi) is 7.28. The minimum absolute atomic E-state index is 0.104. The predicted octanol–water partition coefficient (Wildman–Crippen LogP) is 6.11. The molecule has 4 aromatic rings. The van der Waals surface area contributed by atoms with Gasteiger partial charge in [-0.15, -0.1) is 0 Å². The minimum atomic E-state index is -0.505. The van der Waals surface area contributed by atoms with E-state index in [0.29, 0.717) is 16.5 Å². The maximum absolute atomic E-state index is 14.8. The number of halogens is 2. The molecule has 1 unspecified atom stereocenters. The highest BCUT2D eigenvalue weighted by Crippen LogP contribution is 2.25. The van der Waals surface area contributed by atoms with Crippen LogP contribution in [0, 0.1) is 19.7 Å². The lowest BCUT2D eigenvalue weighted by atomic mass is 9.98. The largest absolute Gasteiger partial charge is 0.489 e. The molecule has 0 bridgehead atoms. The van der Waals surface area contributed by atoms with Crippen molar-refractivity contribution in [1.29, 1.82) is 0 Å². The van der Waals surface area contributed by atoms with E-state index in [0.717, 1.165) is 22.4 Å². The van der Waals surface area contributed by atoms with Crippen LogP contribution in [0.2, 0.25) is 5.02 Å². The normalized spacial score (nSPS) is 11.8. The van der Waals surface area contributed by atoms with Crippen LogP contribution in [0.3, 0.4) is 0 Å². The summed E-state index contributed by atoms with van der Waals surface area (Å²) in [5.41, 5.74) is 3.65. The first-order chi connectivity index (χ1) is 16.4. The smallest absolute Gasteiger partial charge is 0.225 e. The molecule has 0 fully saturated rings. The minimum Gasteiger partial charge on any atom is -0.489 e. The van der Waals surface area contributed by atoms with Gasteiger partial charge in [-0.3, -0.25) is 4.79 Å². The highest BCUT2D eigenvalue weighted by atomic mass is 35.5. The molecule has 0 saturated heterocycles. The summed E-state index contributed by atoms with van der Waals surface area (Å²) < 4.78 is 25.6. The number of carbonyl (C=O) groups is 1. The molecule has 174 valence electrons. The van der Waals surface area contributed by atoms with Crippen molar-refractivity contribution < 1.29 is 18.4 Å². The molecule has 1 amide bonds. The maximum Gasteiger partial charge on any atom is 0.225 e. The van der Waals surface area contributed by atoms with Gasteiger partial charge in [-0.1, -0.05) is 65.3 Å². The summed E-state index contributed by atoms with van der Waals surface area (Å²) in [6.07, 6.45) is -0.104. The Morgan fingerprint density at radius 1 is 1.06 bits per heavy atom. The Morgan fingerprint density at radius 2 is 1.76 bits per heavy atom. The van der Waals surface area contributed by atoms with Gasteiger partial charge in [0.2, 0.25) is 5.91 Å². The van der Waals surface area contributed by atoms with Crippen LogP contribution in [0.15, 0.2) is 77.3 Å². The third-order valence-corrected chi connectivity index (χ3v) is 5.83. The number of hydrogen-bond acceptors (Lipinski definition) is 4. The van der Waals surface area contributed by atoms with Crippen molar-refractivity contribution >= 4 is 17.5 Å². The first-order valence-corrected chi connectivity index (χ1v) is 11.2. The van der Waals surface area contributed by atoms with Crippen molar-refractivity contribution in [1.82, 2.24) is 10.5 Å². The van der Waals surface area contributed by atoms with Crippen molar-refractivity contribution in [3.05, 3.63) is 117 Å². The Labute approximate surface area is 202 Å². The van der Waals surface area contributed by atoms with Gasteiger partial charge in [-0.25, -0.2) is 4.39 Å². The lowest BCUT2D eigenvalue weighted by Crippen LogP contribution is -2.30. The van der Waals surface area contributed by atoms with E-state index in [1.165, 1.54) is 6.07 Å². The topological polar surface area (TPSA) is 64.4 Å². The average molecular weight is 479 g/mol. The van der Waals surface area contributed by atoms with Gasteiger partial charge < -0.3 is 14.6 Å². The van der Waals surface area contributed by atoms with Gasteiger partial charge in [-0.05, 0) is 48.7 Å². The van der Waals surface area contributed by atoms with E-state index in [2.05, 4.69) is 10.5 Å². The van der Waals surface area contributed by atoms with E-state index in [9.17, 15) is 9.18 Å². The van der Waals surface area contributed by atoms with E-state index >= 15 is 0 Å². The van der Waals surface area contributed by atoms with E-state index in [1.54, 1.807) is 31.2 Å². The van der Waals surface area contributed by atoms with Crippen LogP contribution in [0.1, 0.15) is 39.7 Å². The van der Waals surface area contributed by atoms with Gasteiger partial charge in [0.15, 0.2) is 0 Å². The molecule has 1 N–H and O–H groups in total. The molecule has 1 aromatic heterocycles. The summed E-state index contributed by atoms with van der Waals surface area (Å²) >= 11 is 6.03. The van der Waals surface area contributed by atoms with Crippen LogP contribution in [0.25, 0.3) is 0 Å². The van der Waals surface area contributed by atoms with Crippen LogP contribution in [-0.2, 0) is 17.8 Å². The molecule has 5 nitrogen and oxygen atoms in total. The fourth-order valence-electron chi connectivity index (χ4n) is 3.67. The van der Waals surface area contributed by atoms with E-state index in [4.69, 9.17) is 20.9 Å². The monoisotopic (exact) mass is 478 g/mol. The number of ether oxygens (including phenoxy) is 1. The van der Waals surface area contributed by atoms with E-state index in [1.807, 2.05) is 49.4 Å². The Balaban J connectivity index is 1.45. The third kappa shape index (κ3) is 5.64. The van der Waals surface area contributed by atoms with Gasteiger partial charge in [0, 0.05) is 11.1 Å². The number of carbonyl (C=O) groups excluding carboxylic acids is 1. The molecule has 1 atom stereocenters. The van der Waals surface area contributed by atoms with Crippen molar-refractivity contribution in [3.8, 4) is 5.75 Å². The molecule has 0 aliphatic carbocycles. The number of hydrogen-bond donors (Lipinski definition) is 1. The molecule has 4 rings (SSSR count). The fourth-order valence-corrected chi connectivity index (χ4v) is 3.80. The second kappa shape index (κ2) is 10.5. The standard InChI is InChI=1S/C27H24ClFN2O3/c1-17-24(18(2)34-31-17)16-33-23-13-10-21(25(29)15-23)14-26(32)30-27(19-6-4-3-5-7-19)20-8-11-22(28)12-9-20/h3-13,15,27H,14,16H2,1-2H3,(H,30,32).